The molecule has 3 rings (SSSR count). The van der Waals surface area contributed by atoms with Crippen molar-refractivity contribution >= 4 is 25.2 Å². The molecule has 0 saturated carbocycles. The number of hydrogen-bond donors (Lipinski definition) is 0. The summed E-state index contributed by atoms with van der Waals surface area (Å²) in [6.07, 6.45) is 1.22. The van der Waals surface area contributed by atoms with E-state index in [0.717, 1.165) is 0 Å². The third-order valence-corrected chi connectivity index (χ3v) is 16.2. The van der Waals surface area contributed by atoms with E-state index >= 15 is 0 Å². The first-order valence-corrected chi connectivity index (χ1v) is 20.0. The van der Waals surface area contributed by atoms with Gasteiger partial charge in [-0.25, -0.2) is 0 Å². The minimum absolute atomic E-state index is 0.0752. The molecule has 0 aliphatic carbocycles. The Kier molecular flexibility index (Phi) is 9.57. The fourth-order valence-electron chi connectivity index (χ4n) is 6.42. The molecule has 0 atom stereocenters. The van der Waals surface area contributed by atoms with E-state index in [0.29, 0.717) is 0 Å². The number of hydrogen-bond acceptors (Lipinski definition) is 0. The molecule has 0 amide bonds. The summed E-state index contributed by atoms with van der Waals surface area (Å²) in [4.78, 5) is 0. The lowest BCUT2D eigenvalue weighted by Gasteiger charge is -2.42. The standard InChI is InChI=1S/C41H66P2/c1-21-43-34(32-28(38(8,9)10)22-26(36(2,3)4)23-29(32)39(11,12)13)42(20)35(43)33-30(40(14,15)16)24-27(37(5,6)7)25-31(33)41(17,18)19/h22-25H,21H2,1-20H3. The van der Waals surface area contributed by atoms with E-state index in [-0.39, 0.29) is 40.4 Å². The van der Waals surface area contributed by atoms with Crippen LogP contribution in [-0.4, -0.2) is 22.9 Å². The van der Waals surface area contributed by atoms with Gasteiger partial charge in [0.1, 0.15) is 0 Å². The Morgan fingerprint density at radius 1 is 0.419 bits per heavy atom. The van der Waals surface area contributed by atoms with Gasteiger partial charge < -0.3 is 0 Å². The lowest BCUT2D eigenvalue weighted by Crippen LogP contribution is -2.31. The van der Waals surface area contributed by atoms with Gasteiger partial charge in [0.2, 0.25) is 0 Å². The zero-order chi connectivity index (χ0) is 33.5. The molecule has 0 nitrogen and oxygen atoms in total. The first kappa shape index (κ1) is 36.4. The molecule has 0 bridgehead atoms. The zero-order valence-corrected chi connectivity index (χ0v) is 33.7. The van der Waals surface area contributed by atoms with Gasteiger partial charge in [-0.1, -0.05) is 156 Å². The molecule has 43 heavy (non-hydrogen) atoms. The van der Waals surface area contributed by atoms with E-state index in [4.69, 9.17) is 0 Å². The van der Waals surface area contributed by atoms with Crippen molar-refractivity contribution in [1.29, 1.82) is 0 Å². The fraction of sp³-hybridized carbons (Fsp3) is 0.659. The van der Waals surface area contributed by atoms with Crippen LogP contribution in [0.1, 0.15) is 176 Å². The van der Waals surface area contributed by atoms with Crippen LogP contribution in [0.25, 0.3) is 0 Å². The fourth-order valence-corrected chi connectivity index (χ4v) is 13.9. The molecular weight excluding hydrogens is 554 g/mol. The summed E-state index contributed by atoms with van der Waals surface area (Å²) >= 11 is 0. The third-order valence-electron chi connectivity index (χ3n) is 9.15. The summed E-state index contributed by atoms with van der Waals surface area (Å²) < 4.78 is 0. The highest BCUT2D eigenvalue weighted by molar-refractivity contribution is 8.15. The average molecular weight is 621 g/mol. The van der Waals surface area contributed by atoms with Crippen molar-refractivity contribution in [2.24, 2.45) is 0 Å². The molecule has 0 unspecified atom stereocenters. The first-order valence-electron chi connectivity index (χ1n) is 16.7. The second-order valence-electron chi connectivity index (χ2n) is 19.3. The van der Waals surface area contributed by atoms with Gasteiger partial charge in [0, 0.05) is 10.1 Å². The van der Waals surface area contributed by atoms with Crippen LogP contribution in [0.2, 0.25) is 0 Å². The van der Waals surface area contributed by atoms with Crippen LogP contribution < -0.4 is 0 Å². The SMILES string of the molecule is CCP1C(c2c(C(C)(C)C)cc(C(C)(C)C)cc2C(C)(C)C)=P(C)=C1c1c(C(C)(C)C)cc(C(C)(C)C)cc1C(C)(C)C. The molecule has 0 spiro atoms. The minimum Gasteiger partial charge on any atom is -0.110 e. The molecule has 2 aromatic carbocycles. The molecule has 0 fully saturated rings. The molecule has 1 aliphatic heterocycles. The van der Waals surface area contributed by atoms with Crippen LogP contribution >= 0.6 is 15.1 Å². The largest absolute Gasteiger partial charge is 0.110 e. The molecule has 0 radical (unpaired) electrons. The maximum Gasteiger partial charge on any atom is 0.00821 e. The summed E-state index contributed by atoms with van der Waals surface area (Å²) in [7, 11) is -0.790. The molecule has 0 saturated heterocycles. The zero-order valence-electron chi connectivity index (χ0n) is 31.9. The quantitative estimate of drug-likeness (QED) is 0.300. The molecule has 0 N–H and O–H groups in total. The number of benzene rings is 2. The van der Waals surface area contributed by atoms with Crippen molar-refractivity contribution in [1.82, 2.24) is 0 Å². The Labute approximate surface area is 270 Å². The predicted molar refractivity (Wildman–Crippen MR) is 204 cm³/mol. The van der Waals surface area contributed by atoms with Gasteiger partial charge in [0.25, 0.3) is 0 Å². The van der Waals surface area contributed by atoms with Crippen LogP contribution in [-0.2, 0) is 32.5 Å². The van der Waals surface area contributed by atoms with Crippen molar-refractivity contribution in [3.8, 4) is 0 Å². The third kappa shape index (κ3) is 7.18. The highest BCUT2D eigenvalue weighted by Crippen LogP contribution is 2.62. The van der Waals surface area contributed by atoms with E-state index in [1.807, 2.05) is 0 Å². The van der Waals surface area contributed by atoms with Gasteiger partial charge in [-0.2, -0.15) is 0 Å². The average Bonchev–Trinajstić information content (AvgIpc) is 2.78. The van der Waals surface area contributed by atoms with Crippen LogP contribution in [0.3, 0.4) is 0 Å². The van der Waals surface area contributed by atoms with E-state index in [9.17, 15) is 0 Å². The van der Waals surface area contributed by atoms with Gasteiger partial charge in [-0.3, -0.25) is 0 Å². The summed E-state index contributed by atoms with van der Waals surface area (Å²) in [5, 5.41) is 3.61. The molecule has 2 aromatic rings. The van der Waals surface area contributed by atoms with Gasteiger partial charge in [-0.15, -0.1) is 7.17 Å². The Balaban J connectivity index is 2.66. The van der Waals surface area contributed by atoms with Crippen LogP contribution in [0.15, 0.2) is 24.3 Å². The Bertz CT molecular complexity index is 1300. The topological polar surface area (TPSA) is 0 Å². The lowest BCUT2D eigenvalue weighted by atomic mass is 9.72. The normalized spacial score (nSPS) is 18.3. The second kappa shape index (κ2) is 11.3. The second-order valence-corrected chi connectivity index (χ2v) is 24.4. The molecule has 1 heterocycles. The van der Waals surface area contributed by atoms with Gasteiger partial charge in [0.15, 0.2) is 0 Å². The number of rotatable bonds is 3. The van der Waals surface area contributed by atoms with Crippen LogP contribution in [0, 0.1) is 0 Å². The molecule has 240 valence electrons. The van der Waals surface area contributed by atoms with Crippen LogP contribution in [0.4, 0.5) is 0 Å². The van der Waals surface area contributed by atoms with E-state index < -0.39 is 7.17 Å². The van der Waals surface area contributed by atoms with Crippen molar-refractivity contribution in [2.75, 3.05) is 12.8 Å². The van der Waals surface area contributed by atoms with E-state index in [1.165, 1.54) is 17.3 Å². The maximum absolute atomic E-state index is 2.60. The highest BCUT2D eigenvalue weighted by atomic mass is 31.2. The maximum atomic E-state index is 2.60. The minimum atomic E-state index is -0.409. The van der Waals surface area contributed by atoms with Crippen molar-refractivity contribution in [3.63, 3.8) is 0 Å². The Hall–Kier alpha value is -1.09. The van der Waals surface area contributed by atoms with Crippen LogP contribution in [0.5, 0.6) is 0 Å². The van der Waals surface area contributed by atoms with Gasteiger partial charge in [-0.05, 0) is 97.7 Å². The van der Waals surface area contributed by atoms with Gasteiger partial charge >= 0.3 is 0 Å². The molecule has 2 heteroatoms. The van der Waals surface area contributed by atoms with Gasteiger partial charge in [0.05, 0.1) is 0 Å². The predicted octanol–water partition coefficient (Wildman–Crippen LogP) is 12.8. The van der Waals surface area contributed by atoms with Crippen molar-refractivity contribution in [3.05, 3.63) is 68.8 Å². The van der Waals surface area contributed by atoms with Crippen molar-refractivity contribution in [2.45, 2.75) is 164 Å². The Morgan fingerprint density at radius 3 is 0.814 bits per heavy atom. The summed E-state index contributed by atoms with van der Waals surface area (Å²) in [6, 6.07) is 10.3. The van der Waals surface area contributed by atoms with E-state index in [2.05, 4.69) is 162 Å². The van der Waals surface area contributed by atoms with E-state index in [1.54, 1.807) is 43.4 Å². The summed E-state index contributed by atoms with van der Waals surface area (Å²) in [6.45, 7) is 48.5. The first-order chi connectivity index (χ1) is 19.0. The monoisotopic (exact) mass is 620 g/mol. The summed E-state index contributed by atoms with van der Waals surface area (Å²) in [5.74, 6) is 0. The smallest absolute Gasteiger partial charge is 0.00821 e. The summed E-state index contributed by atoms with van der Waals surface area (Å²) in [5.41, 5.74) is 13.0. The lowest BCUT2D eigenvalue weighted by molar-refractivity contribution is 0.546. The van der Waals surface area contributed by atoms with Crippen molar-refractivity contribution < 1.29 is 0 Å². The molecular formula is C41H66P2. The molecule has 1 aliphatic rings. The molecule has 0 aromatic heterocycles. The highest BCUT2D eigenvalue weighted by Gasteiger charge is 2.40. The Morgan fingerprint density at radius 2 is 0.651 bits per heavy atom.